The molecule has 2 aromatic rings. The molecule has 0 aliphatic rings. The second-order valence-corrected chi connectivity index (χ2v) is 7.96. The van der Waals surface area contributed by atoms with Crippen molar-refractivity contribution in [2.24, 2.45) is 0 Å². The van der Waals surface area contributed by atoms with E-state index in [2.05, 4.69) is 15.4 Å². The van der Waals surface area contributed by atoms with Crippen molar-refractivity contribution >= 4 is 39.3 Å². The van der Waals surface area contributed by atoms with Gasteiger partial charge in [0.2, 0.25) is 15.9 Å². The van der Waals surface area contributed by atoms with Crippen LogP contribution in [0.3, 0.4) is 0 Å². The number of anilines is 2. The Morgan fingerprint density at radius 2 is 1.75 bits per heavy atom. The van der Waals surface area contributed by atoms with E-state index in [-0.39, 0.29) is 11.8 Å². The molecular formula is C20H23N3O4S. The van der Waals surface area contributed by atoms with Crippen LogP contribution in [0.1, 0.15) is 28.4 Å². The Balaban J connectivity index is 2.05. The normalized spacial score (nSPS) is 11.2. The predicted octanol–water partition coefficient (Wildman–Crippen LogP) is 2.77. The smallest absolute Gasteiger partial charge is 0.251 e. The zero-order valence-corrected chi connectivity index (χ0v) is 16.8. The highest BCUT2D eigenvalue weighted by Crippen LogP contribution is 2.17. The number of sulfonamides is 1. The molecular weight excluding hydrogens is 378 g/mol. The van der Waals surface area contributed by atoms with Crippen LogP contribution in [-0.4, -0.2) is 33.0 Å². The van der Waals surface area contributed by atoms with Gasteiger partial charge in [0.25, 0.3) is 5.91 Å². The van der Waals surface area contributed by atoms with Gasteiger partial charge in [0, 0.05) is 29.6 Å². The largest absolute Gasteiger partial charge is 0.352 e. The fourth-order valence-electron chi connectivity index (χ4n) is 2.38. The number of nitrogens with one attached hydrogen (secondary N) is 3. The molecule has 0 aliphatic heterocycles. The molecule has 3 N–H and O–H groups in total. The summed E-state index contributed by atoms with van der Waals surface area (Å²) in [5.41, 5.74) is 3.06. The average Bonchev–Trinajstić information content (AvgIpc) is 2.62. The summed E-state index contributed by atoms with van der Waals surface area (Å²) in [6.45, 7) is 4.20. The molecule has 0 saturated carbocycles. The lowest BCUT2D eigenvalue weighted by atomic mass is 10.1. The molecule has 0 aliphatic carbocycles. The molecule has 0 radical (unpaired) electrons. The number of hydrogen-bond donors (Lipinski definition) is 3. The molecule has 0 spiro atoms. The summed E-state index contributed by atoms with van der Waals surface area (Å²) < 4.78 is 24.8. The number of aryl methyl sites for hydroxylation is 1. The van der Waals surface area contributed by atoms with E-state index in [1.807, 2.05) is 13.8 Å². The first kappa shape index (κ1) is 21.2. The Bertz CT molecular complexity index is 997. The molecule has 0 bridgehead atoms. The number of rotatable bonds is 7. The highest BCUT2D eigenvalue weighted by molar-refractivity contribution is 7.92. The highest BCUT2D eigenvalue weighted by Gasteiger charge is 2.08. The van der Waals surface area contributed by atoms with Gasteiger partial charge in [-0.2, -0.15) is 0 Å². The van der Waals surface area contributed by atoms with E-state index in [4.69, 9.17) is 0 Å². The molecule has 0 heterocycles. The predicted molar refractivity (Wildman–Crippen MR) is 112 cm³/mol. The number of carbonyl (C=O) groups is 2. The zero-order chi connectivity index (χ0) is 20.7. The van der Waals surface area contributed by atoms with Gasteiger partial charge in [0.05, 0.1) is 6.26 Å². The molecule has 0 aromatic heterocycles. The van der Waals surface area contributed by atoms with Crippen molar-refractivity contribution in [3.05, 3.63) is 65.2 Å². The van der Waals surface area contributed by atoms with Crippen LogP contribution in [0, 0.1) is 6.92 Å². The van der Waals surface area contributed by atoms with Gasteiger partial charge in [0.1, 0.15) is 0 Å². The van der Waals surface area contributed by atoms with Crippen molar-refractivity contribution in [1.29, 1.82) is 0 Å². The topological polar surface area (TPSA) is 104 Å². The summed E-state index contributed by atoms with van der Waals surface area (Å²) in [5.74, 6) is -0.536. The standard InChI is InChI=1S/C20H23N3O4S/c1-4-21-20(25)16-9-5-14(2)18(13-16)22-19(24)12-8-15-6-10-17(11-7-15)23-28(3,26)27/h5-13,23H,4H2,1-3H3,(H,21,25)(H,22,24)/b12-8+. The molecule has 28 heavy (non-hydrogen) atoms. The lowest BCUT2D eigenvalue weighted by Gasteiger charge is -2.09. The second kappa shape index (κ2) is 9.18. The van der Waals surface area contributed by atoms with E-state index in [1.165, 1.54) is 6.08 Å². The van der Waals surface area contributed by atoms with Gasteiger partial charge in [-0.3, -0.25) is 14.3 Å². The SMILES string of the molecule is CCNC(=O)c1ccc(C)c(NC(=O)/C=C/c2ccc(NS(C)(=O)=O)cc2)c1. The highest BCUT2D eigenvalue weighted by atomic mass is 32.2. The van der Waals surface area contributed by atoms with E-state index in [9.17, 15) is 18.0 Å². The summed E-state index contributed by atoms with van der Waals surface area (Å²) in [5, 5.41) is 5.48. The van der Waals surface area contributed by atoms with Crippen molar-refractivity contribution in [3.63, 3.8) is 0 Å². The minimum Gasteiger partial charge on any atom is -0.352 e. The van der Waals surface area contributed by atoms with Crippen LogP contribution < -0.4 is 15.4 Å². The lowest BCUT2D eigenvalue weighted by molar-refractivity contribution is -0.111. The van der Waals surface area contributed by atoms with Crippen molar-refractivity contribution < 1.29 is 18.0 Å². The van der Waals surface area contributed by atoms with E-state index < -0.39 is 10.0 Å². The van der Waals surface area contributed by atoms with Gasteiger partial charge in [-0.1, -0.05) is 18.2 Å². The molecule has 0 atom stereocenters. The van der Waals surface area contributed by atoms with Crippen molar-refractivity contribution in [2.45, 2.75) is 13.8 Å². The fourth-order valence-corrected chi connectivity index (χ4v) is 2.95. The summed E-state index contributed by atoms with van der Waals surface area (Å²) in [4.78, 5) is 24.1. The molecule has 0 fully saturated rings. The molecule has 2 amide bonds. The molecule has 0 saturated heterocycles. The minimum absolute atomic E-state index is 0.198. The number of carbonyl (C=O) groups excluding carboxylic acids is 2. The number of hydrogen-bond acceptors (Lipinski definition) is 4. The Morgan fingerprint density at radius 1 is 1.07 bits per heavy atom. The maximum absolute atomic E-state index is 12.2. The van der Waals surface area contributed by atoms with Crippen LogP contribution in [-0.2, 0) is 14.8 Å². The first-order valence-corrected chi connectivity index (χ1v) is 10.5. The van der Waals surface area contributed by atoms with Gasteiger partial charge in [-0.25, -0.2) is 8.42 Å². The quantitative estimate of drug-likeness (QED) is 0.621. The van der Waals surface area contributed by atoms with E-state index in [0.717, 1.165) is 17.4 Å². The van der Waals surface area contributed by atoms with Crippen LogP contribution in [0.25, 0.3) is 6.08 Å². The van der Waals surface area contributed by atoms with Crippen LogP contribution in [0.15, 0.2) is 48.5 Å². The van der Waals surface area contributed by atoms with Crippen LogP contribution in [0.4, 0.5) is 11.4 Å². The molecule has 7 nitrogen and oxygen atoms in total. The molecule has 2 aromatic carbocycles. The minimum atomic E-state index is -3.33. The average molecular weight is 401 g/mol. The van der Waals surface area contributed by atoms with Crippen LogP contribution in [0.5, 0.6) is 0 Å². The van der Waals surface area contributed by atoms with E-state index in [0.29, 0.717) is 23.5 Å². The van der Waals surface area contributed by atoms with Crippen LogP contribution in [0.2, 0.25) is 0 Å². The third kappa shape index (κ3) is 6.55. The maximum Gasteiger partial charge on any atom is 0.251 e. The summed E-state index contributed by atoms with van der Waals surface area (Å²) in [6.07, 6.45) is 4.06. The van der Waals surface area contributed by atoms with Gasteiger partial charge in [0.15, 0.2) is 0 Å². The van der Waals surface area contributed by atoms with E-state index >= 15 is 0 Å². The molecule has 2 rings (SSSR count). The summed E-state index contributed by atoms with van der Waals surface area (Å²) in [6, 6.07) is 11.7. The van der Waals surface area contributed by atoms with Gasteiger partial charge in [-0.05, 0) is 55.3 Å². The zero-order valence-electron chi connectivity index (χ0n) is 15.9. The Hall–Kier alpha value is -3.13. The van der Waals surface area contributed by atoms with Crippen molar-refractivity contribution in [3.8, 4) is 0 Å². The maximum atomic E-state index is 12.2. The fraction of sp³-hybridized carbons (Fsp3) is 0.200. The lowest BCUT2D eigenvalue weighted by Crippen LogP contribution is -2.23. The summed E-state index contributed by atoms with van der Waals surface area (Å²) >= 11 is 0. The molecule has 0 unspecified atom stereocenters. The van der Waals surface area contributed by atoms with Crippen molar-refractivity contribution in [2.75, 3.05) is 22.8 Å². The van der Waals surface area contributed by atoms with Crippen LogP contribution >= 0.6 is 0 Å². The molecule has 148 valence electrons. The molecule has 8 heteroatoms. The van der Waals surface area contributed by atoms with Gasteiger partial charge in [-0.15, -0.1) is 0 Å². The van der Waals surface area contributed by atoms with E-state index in [1.54, 1.807) is 48.5 Å². The Morgan fingerprint density at radius 3 is 2.36 bits per heavy atom. The Kier molecular flexibility index (Phi) is 6.94. The first-order valence-electron chi connectivity index (χ1n) is 8.63. The summed E-state index contributed by atoms with van der Waals surface area (Å²) in [7, 11) is -3.33. The van der Waals surface area contributed by atoms with Gasteiger partial charge >= 0.3 is 0 Å². The Labute approximate surface area is 164 Å². The number of benzene rings is 2. The van der Waals surface area contributed by atoms with Gasteiger partial charge < -0.3 is 10.6 Å². The third-order valence-electron chi connectivity index (χ3n) is 3.74. The first-order chi connectivity index (χ1) is 13.2. The number of amides is 2. The van der Waals surface area contributed by atoms with Crippen molar-refractivity contribution in [1.82, 2.24) is 5.32 Å². The third-order valence-corrected chi connectivity index (χ3v) is 4.34. The second-order valence-electron chi connectivity index (χ2n) is 6.21. The monoisotopic (exact) mass is 401 g/mol.